The molecule has 0 fully saturated rings. The van der Waals surface area contributed by atoms with Crippen LogP contribution in [0.5, 0.6) is 0 Å². The minimum absolute atomic E-state index is 0.156. The maximum absolute atomic E-state index is 11.9. The second kappa shape index (κ2) is 8.19. The first kappa shape index (κ1) is 16.0. The van der Waals surface area contributed by atoms with Crippen molar-refractivity contribution < 1.29 is 14.7 Å². The lowest BCUT2D eigenvalue weighted by atomic mass is 10.1. The Bertz CT molecular complexity index is 472. The average Bonchev–Trinajstić information content (AvgIpc) is 2.39. The van der Waals surface area contributed by atoms with Gasteiger partial charge in [0.15, 0.2) is 0 Å². The summed E-state index contributed by atoms with van der Waals surface area (Å²) in [5, 5.41) is 11.3. The first-order valence-corrected chi connectivity index (χ1v) is 6.87. The molecule has 0 saturated heterocycles. The summed E-state index contributed by atoms with van der Waals surface area (Å²) in [6, 6.07) is 5.38. The van der Waals surface area contributed by atoms with Crippen molar-refractivity contribution >= 4 is 17.6 Å². The number of nitrogens with two attached hydrogens (primary N) is 1. The highest BCUT2D eigenvalue weighted by atomic mass is 16.4. The van der Waals surface area contributed by atoms with Crippen LogP contribution < -0.4 is 11.1 Å². The van der Waals surface area contributed by atoms with Crippen molar-refractivity contribution in [2.75, 3.05) is 12.3 Å². The molecule has 1 aromatic carbocycles. The third-order valence-corrected chi connectivity index (χ3v) is 3.06. The van der Waals surface area contributed by atoms with Crippen LogP contribution >= 0.6 is 0 Å². The Hall–Kier alpha value is -2.04. The van der Waals surface area contributed by atoms with Crippen LogP contribution in [0.3, 0.4) is 0 Å². The van der Waals surface area contributed by atoms with Crippen molar-refractivity contribution in [2.45, 2.75) is 39.0 Å². The number of rotatable bonds is 8. The normalized spacial score (nSPS) is 10.2. The van der Waals surface area contributed by atoms with Crippen molar-refractivity contribution in [2.24, 2.45) is 0 Å². The summed E-state index contributed by atoms with van der Waals surface area (Å²) in [5.74, 6) is -0.912. The Kier molecular flexibility index (Phi) is 6.56. The zero-order valence-electron chi connectivity index (χ0n) is 11.8. The standard InChI is InChI=1S/C15H22N2O3/c1-11-7-8-13(16)12(10-11)15(20)17-9-5-3-2-4-6-14(18)19/h7-8,10H,2-6,9,16H2,1H3,(H,17,20)(H,18,19). The van der Waals surface area contributed by atoms with Crippen LogP contribution in [-0.2, 0) is 4.79 Å². The monoisotopic (exact) mass is 278 g/mol. The van der Waals surface area contributed by atoms with Gasteiger partial charge in [-0.1, -0.05) is 24.5 Å². The van der Waals surface area contributed by atoms with Gasteiger partial charge < -0.3 is 16.2 Å². The van der Waals surface area contributed by atoms with E-state index in [9.17, 15) is 9.59 Å². The van der Waals surface area contributed by atoms with Gasteiger partial charge >= 0.3 is 5.97 Å². The molecular weight excluding hydrogens is 256 g/mol. The molecule has 0 aromatic heterocycles. The minimum atomic E-state index is -0.756. The first-order valence-electron chi connectivity index (χ1n) is 6.87. The number of unbranched alkanes of at least 4 members (excludes halogenated alkanes) is 3. The first-order chi connectivity index (χ1) is 9.50. The number of carboxylic acid groups (broad SMARTS) is 1. The largest absolute Gasteiger partial charge is 0.481 e. The lowest BCUT2D eigenvalue weighted by Gasteiger charge is -2.08. The average molecular weight is 278 g/mol. The molecule has 0 atom stereocenters. The van der Waals surface area contributed by atoms with Gasteiger partial charge in [-0.3, -0.25) is 9.59 Å². The quantitative estimate of drug-likeness (QED) is 0.502. The van der Waals surface area contributed by atoms with E-state index in [1.165, 1.54) is 0 Å². The van der Waals surface area contributed by atoms with Gasteiger partial charge in [-0.05, 0) is 31.9 Å². The topological polar surface area (TPSA) is 92.4 Å². The van der Waals surface area contributed by atoms with Crippen LogP contribution in [0.25, 0.3) is 0 Å². The third-order valence-electron chi connectivity index (χ3n) is 3.06. The van der Waals surface area contributed by atoms with Gasteiger partial charge in [-0.2, -0.15) is 0 Å². The summed E-state index contributed by atoms with van der Waals surface area (Å²) in [4.78, 5) is 22.3. The summed E-state index contributed by atoms with van der Waals surface area (Å²) < 4.78 is 0. The van der Waals surface area contributed by atoms with Crippen LogP contribution in [0.4, 0.5) is 5.69 Å². The third kappa shape index (κ3) is 5.73. The number of benzene rings is 1. The van der Waals surface area contributed by atoms with Crippen molar-refractivity contribution in [3.05, 3.63) is 29.3 Å². The number of carboxylic acids is 1. The molecule has 5 nitrogen and oxygen atoms in total. The highest BCUT2D eigenvalue weighted by Crippen LogP contribution is 2.13. The van der Waals surface area contributed by atoms with Gasteiger partial charge in [0.05, 0.1) is 5.56 Å². The summed E-state index contributed by atoms with van der Waals surface area (Å²) in [6.45, 7) is 2.50. The lowest BCUT2D eigenvalue weighted by molar-refractivity contribution is -0.137. The number of carbonyl (C=O) groups excluding carboxylic acids is 1. The van der Waals surface area contributed by atoms with E-state index in [0.717, 1.165) is 24.8 Å². The molecule has 5 heteroatoms. The van der Waals surface area contributed by atoms with Crippen molar-refractivity contribution in [1.29, 1.82) is 0 Å². The summed E-state index contributed by atoms with van der Waals surface area (Å²) in [5.41, 5.74) is 7.76. The van der Waals surface area contributed by atoms with E-state index in [1.807, 2.05) is 13.0 Å². The van der Waals surface area contributed by atoms with Gasteiger partial charge in [0.2, 0.25) is 0 Å². The van der Waals surface area contributed by atoms with Crippen LogP contribution in [0.2, 0.25) is 0 Å². The number of aryl methyl sites for hydroxylation is 1. The van der Waals surface area contributed by atoms with E-state index in [-0.39, 0.29) is 12.3 Å². The van der Waals surface area contributed by atoms with E-state index in [0.29, 0.717) is 24.2 Å². The Labute approximate surface area is 119 Å². The molecule has 0 bridgehead atoms. The molecule has 0 saturated carbocycles. The molecule has 1 rings (SSSR count). The molecule has 0 heterocycles. The molecule has 110 valence electrons. The predicted molar refractivity (Wildman–Crippen MR) is 78.6 cm³/mol. The molecule has 0 unspecified atom stereocenters. The molecule has 0 radical (unpaired) electrons. The number of carbonyl (C=O) groups is 2. The zero-order valence-corrected chi connectivity index (χ0v) is 11.8. The second-order valence-corrected chi connectivity index (χ2v) is 4.90. The fourth-order valence-electron chi connectivity index (χ4n) is 1.92. The zero-order chi connectivity index (χ0) is 15.0. The smallest absolute Gasteiger partial charge is 0.303 e. The number of aliphatic carboxylic acids is 1. The number of anilines is 1. The van der Waals surface area contributed by atoms with Crippen LogP contribution in [0, 0.1) is 6.92 Å². The van der Waals surface area contributed by atoms with E-state index >= 15 is 0 Å². The maximum Gasteiger partial charge on any atom is 0.303 e. The second-order valence-electron chi connectivity index (χ2n) is 4.90. The maximum atomic E-state index is 11.9. The lowest BCUT2D eigenvalue weighted by Crippen LogP contribution is -2.25. The fraction of sp³-hybridized carbons (Fsp3) is 0.467. The Morgan fingerprint density at radius 2 is 1.90 bits per heavy atom. The highest BCUT2D eigenvalue weighted by Gasteiger charge is 2.08. The number of hydrogen-bond acceptors (Lipinski definition) is 3. The Morgan fingerprint density at radius 1 is 1.20 bits per heavy atom. The molecule has 20 heavy (non-hydrogen) atoms. The van der Waals surface area contributed by atoms with E-state index in [4.69, 9.17) is 10.8 Å². The molecule has 1 amide bonds. The summed E-state index contributed by atoms with van der Waals surface area (Å²) >= 11 is 0. The molecule has 0 aliphatic carbocycles. The summed E-state index contributed by atoms with van der Waals surface area (Å²) in [7, 11) is 0. The number of amides is 1. The van der Waals surface area contributed by atoms with Gasteiger partial charge in [-0.25, -0.2) is 0 Å². The fourth-order valence-corrected chi connectivity index (χ4v) is 1.92. The SMILES string of the molecule is Cc1ccc(N)c(C(=O)NCCCCCCC(=O)O)c1. The van der Waals surface area contributed by atoms with Crippen molar-refractivity contribution in [3.63, 3.8) is 0 Å². The Morgan fingerprint density at radius 3 is 2.60 bits per heavy atom. The van der Waals surface area contributed by atoms with E-state index < -0.39 is 5.97 Å². The van der Waals surface area contributed by atoms with Crippen molar-refractivity contribution in [3.8, 4) is 0 Å². The molecule has 0 aliphatic rings. The number of hydrogen-bond donors (Lipinski definition) is 3. The van der Waals surface area contributed by atoms with Gasteiger partial charge in [0.25, 0.3) is 5.91 Å². The van der Waals surface area contributed by atoms with E-state index in [1.54, 1.807) is 12.1 Å². The van der Waals surface area contributed by atoms with Crippen LogP contribution in [-0.4, -0.2) is 23.5 Å². The molecule has 0 aliphatic heterocycles. The number of nitrogen functional groups attached to an aromatic ring is 1. The number of nitrogens with one attached hydrogen (secondary N) is 1. The summed E-state index contributed by atoms with van der Waals surface area (Å²) in [6.07, 6.45) is 3.53. The molecular formula is C15H22N2O3. The van der Waals surface area contributed by atoms with Gasteiger partial charge in [0, 0.05) is 18.7 Å². The van der Waals surface area contributed by atoms with Gasteiger partial charge in [0.1, 0.15) is 0 Å². The molecule has 1 aromatic rings. The predicted octanol–water partition coefficient (Wildman–Crippen LogP) is 2.34. The van der Waals surface area contributed by atoms with Crippen molar-refractivity contribution in [1.82, 2.24) is 5.32 Å². The van der Waals surface area contributed by atoms with E-state index in [2.05, 4.69) is 5.32 Å². The highest BCUT2D eigenvalue weighted by molar-refractivity contribution is 5.99. The molecule has 0 spiro atoms. The minimum Gasteiger partial charge on any atom is -0.481 e. The van der Waals surface area contributed by atoms with Crippen LogP contribution in [0.1, 0.15) is 48.0 Å². The Balaban J connectivity index is 2.23. The van der Waals surface area contributed by atoms with Crippen LogP contribution in [0.15, 0.2) is 18.2 Å². The van der Waals surface area contributed by atoms with Gasteiger partial charge in [-0.15, -0.1) is 0 Å². The molecule has 4 N–H and O–H groups in total.